The average molecular weight is 278 g/mol. The van der Waals surface area contributed by atoms with Crippen LogP contribution in [0.15, 0.2) is 24.3 Å². The van der Waals surface area contributed by atoms with E-state index in [4.69, 9.17) is 0 Å². The van der Waals surface area contributed by atoms with Crippen molar-refractivity contribution in [2.75, 3.05) is 11.9 Å². The van der Waals surface area contributed by atoms with Crippen LogP contribution in [0.5, 0.6) is 0 Å². The Morgan fingerprint density at radius 1 is 1.38 bits per heavy atom. The predicted octanol–water partition coefficient (Wildman–Crippen LogP) is 0.980. The molecule has 84 valence electrons. The third-order valence-corrected chi connectivity index (χ3v) is 3.95. The number of benzene rings is 1. The number of nitrogens with one attached hydrogen (secondary N) is 2. The normalized spacial score (nSPS) is 14.8. The van der Waals surface area contributed by atoms with Gasteiger partial charge in [0.15, 0.2) is 0 Å². The molecule has 1 fully saturated rings. The number of anilines is 1. The fraction of sp³-hybridized carbons (Fsp3) is 0.333. The van der Waals surface area contributed by atoms with Gasteiger partial charge < -0.3 is 0 Å². The summed E-state index contributed by atoms with van der Waals surface area (Å²) in [6, 6.07) is 7.77. The van der Waals surface area contributed by atoms with Gasteiger partial charge in [0.1, 0.15) is 0 Å². The zero-order valence-corrected chi connectivity index (χ0v) is 10.9. The van der Waals surface area contributed by atoms with Gasteiger partial charge in [-0.2, -0.15) is 0 Å². The SMILES string of the molecule is C=[As]c1ccc(NC(=O)NCC2CC2)cc1. The second kappa shape index (κ2) is 5.31. The van der Waals surface area contributed by atoms with E-state index in [1.54, 1.807) is 0 Å². The molecule has 1 saturated carbocycles. The Morgan fingerprint density at radius 3 is 2.62 bits per heavy atom. The average Bonchev–Trinajstić information content (AvgIpc) is 3.11. The van der Waals surface area contributed by atoms with Crippen molar-refractivity contribution in [1.82, 2.24) is 5.32 Å². The van der Waals surface area contributed by atoms with Crippen LogP contribution in [-0.4, -0.2) is 33.2 Å². The molecule has 0 aliphatic heterocycles. The van der Waals surface area contributed by atoms with Crippen LogP contribution in [0.4, 0.5) is 10.5 Å². The van der Waals surface area contributed by atoms with E-state index in [0.29, 0.717) is 5.92 Å². The second-order valence-electron chi connectivity index (χ2n) is 3.98. The molecule has 3 nitrogen and oxygen atoms in total. The van der Waals surface area contributed by atoms with Crippen molar-refractivity contribution in [3.8, 4) is 0 Å². The minimum atomic E-state index is -0.109. The molecule has 16 heavy (non-hydrogen) atoms. The Balaban J connectivity index is 1.81. The molecule has 0 unspecified atom stereocenters. The van der Waals surface area contributed by atoms with Gasteiger partial charge >= 0.3 is 102 Å². The molecule has 1 aromatic rings. The van der Waals surface area contributed by atoms with Crippen LogP contribution < -0.4 is 15.0 Å². The first kappa shape index (κ1) is 11.4. The first-order chi connectivity index (χ1) is 7.78. The number of hydrogen-bond donors (Lipinski definition) is 2. The third kappa shape index (κ3) is 3.49. The molecule has 2 amide bonds. The van der Waals surface area contributed by atoms with Crippen LogP contribution in [0.25, 0.3) is 0 Å². The van der Waals surface area contributed by atoms with Crippen molar-refractivity contribution in [2.24, 2.45) is 5.92 Å². The maximum atomic E-state index is 11.5. The predicted molar refractivity (Wildman–Crippen MR) is 68.7 cm³/mol. The summed E-state index contributed by atoms with van der Waals surface area (Å²) < 4.78 is 1.26. The van der Waals surface area contributed by atoms with Crippen molar-refractivity contribution in [1.29, 1.82) is 0 Å². The molecule has 0 atom stereocenters. The van der Waals surface area contributed by atoms with E-state index in [9.17, 15) is 4.79 Å². The number of carbonyl (C=O) groups excluding carboxylic acids is 1. The summed E-state index contributed by atoms with van der Waals surface area (Å²) in [4.78, 5) is 11.5. The topological polar surface area (TPSA) is 41.1 Å². The van der Waals surface area contributed by atoms with Crippen molar-refractivity contribution in [3.63, 3.8) is 0 Å². The van der Waals surface area contributed by atoms with E-state index >= 15 is 0 Å². The molecule has 0 aromatic heterocycles. The van der Waals surface area contributed by atoms with Gasteiger partial charge in [-0.1, -0.05) is 0 Å². The van der Waals surface area contributed by atoms with Gasteiger partial charge in [0.2, 0.25) is 0 Å². The van der Waals surface area contributed by atoms with Gasteiger partial charge in [-0.15, -0.1) is 0 Å². The third-order valence-electron chi connectivity index (χ3n) is 2.56. The zero-order chi connectivity index (χ0) is 11.4. The van der Waals surface area contributed by atoms with E-state index < -0.39 is 0 Å². The maximum absolute atomic E-state index is 11.5. The summed E-state index contributed by atoms with van der Waals surface area (Å²) in [7, 11) is 0. The van der Waals surface area contributed by atoms with Gasteiger partial charge in [-0.25, -0.2) is 0 Å². The molecule has 0 spiro atoms. The quantitative estimate of drug-likeness (QED) is 0.792. The van der Waals surface area contributed by atoms with Gasteiger partial charge in [0.05, 0.1) is 0 Å². The Labute approximate surface area is 102 Å². The number of amides is 2. The zero-order valence-electron chi connectivity index (χ0n) is 9.07. The van der Waals surface area contributed by atoms with Crippen LogP contribution in [0.3, 0.4) is 0 Å². The molecule has 1 aliphatic carbocycles. The van der Waals surface area contributed by atoms with E-state index in [1.807, 2.05) is 24.3 Å². The molecule has 0 heterocycles. The standard InChI is InChI=1S/C12H15AsN2O/c1-13-10-4-6-11(7-5-10)15-12(16)14-8-9-2-3-9/h4-7,9H,1-3,8H2,(H2,14,15,16). The van der Waals surface area contributed by atoms with Gasteiger partial charge in [-0.05, 0) is 0 Å². The Bertz CT molecular complexity index is 385. The van der Waals surface area contributed by atoms with E-state index in [2.05, 4.69) is 15.9 Å². The summed E-state index contributed by atoms with van der Waals surface area (Å²) in [5.41, 5.74) is 0.840. The molecule has 1 aliphatic rings. The molecule has 0 bridgehead atoms. The molecular weight excluding hydrogens is 263 g/mol. The fourth-order valence-electron chi connectivity index (χ4n) is 1.38. The monoisotopic (exact) mass is 278 g/mol. The van der Waals surface area contributed by atoms with Crippen LogP contribution >= 0.6 is 0 Å². The first-order valence-electron chi connectivity index (χ1n) is 5.39. The number of urea groups is 1. The molecular formula is C12H15AsN2O. The van der Waals surface area contributed by atoms with Crippen LogP contribution in [0.1, 0.15) is 12.8 Å². The van der Waals surface area contributed by atoms with Gasteiger partial charge in [-0.3, -0.25) is 0 Å². The van der Waals surface area contributed by atoms with Crippen molar-refractivity contribution in [2.45, 2.75) is 12.8 Å². The fourth-order valence-corrected chi connectivity index (χ4v) is 2.14. The Hall–Kier alpha value is -1.08. The first-order valence-corrected chi connectivity index (χ1v) is 7.66. The number of hydrogen-bond acceptors (Lipinski definition) is 1. The van der Waals surface area contributed by atoms with E-state index in [1.165, 1.54) is 17.2 Å². The summed E-state index contributed by atoms with van der Waals surface area (Å²) in [5.74, 6) is 0.711. The van der Waals surface area contributed by atoms with Crippen molar-refractivity contribution >= 4 is 36.7 Å². The van der Waals surface area contributed by atoms with E-state index in [0.717, 1.165) is 12.2 Å². The van der Waals surface area contributed by atoms with Crippen molar-refractivity contribution in [3.05, 3.63) is 24.3 Å². The van der Waals surface area contributed by atoms with Crippen molar-refractivity contribution < 1.29 is 4.79 Å². The summed E-state index contributed by atoms with van der Waals surface area (Å²) in [6.45, 7) is 0.799. The molecule has 2 rings (SSSR count). The number of rotatable bonds is 4. The van der Waals surface area contributed by atoms with Crippen LogP contribution in [0, 0.1) is 5.92 Å². The molecule has 1 aromatic carbocycles. The van der Waals surface area contributed by atoms with E-state index in [-0.39, 0.29) is 21.3 Å². The summed E-state index contributed by atoms with van der Waals surface area (Å²) in [5, 5.41) is 9.58. The molecule has 2 N–H and O–H groups in total. The van der Waals surface area contributed by atoms with Crippen LogP contribution in [-0.2, 0) is 0 Å². The Morgan fingerprint density at radius 2 is 2.06 bits per heavy atom. The second-order valence-corrected chi connectivity index (χ2v) is 5.73. The van der Waals surface area contributed by atoms with Gasteiger partial charge in [0.25, 0.3) is 0 Å². The minimum absolute atomic E-state index is 0.0199. The van der Waals surface area contributed by atoms with Gasteiger partial charge in [0, 0.05) is 0 Å². The molecule has 4 heteroatoms. The Kier molecular flexibility index (Phi) is 3.78. The number of carbonyl (C=O) groups is 1. The summed E-state index contributed by atoms with van der Waals surface area (Å²) in [6.07, 6.45) is 2.50. The molecule has 0 radical (unpaired) electrons. The van der Waals surface area contributed by atoms with Crippen LogP contribution in [0.2, 0.25) is 0 Å². The molecule has 0 saturated heterocycles. The summed E-state index contributed by atoms with van der Waals surface area (Å²) >= 11 is 0.0199.